The van der Waals surface area contributed by atoms with Crippen LogP contribution in [-0.4, -0.2) is 14.8 Å². The highest BCUT2D eigenvalue weighted by molar-refractivity contribution is 9.10. The highest BCUT2D eigenvalue weighted by Gasteiger charge is 2.02. The Kier molecular flexibility index (Phi) is 4.22. The summed E-state index contributed by atoms with van der Waals surface area (Å²) in [5.41, 5.74) is 3.12. The van der Waals surface area contributed by atoms with Crippen LogP contribution in [0.15, 0.2) is 59.6 Å². The fourth-order valence-electron chi connectivity index (χ4n) is 1.95. The molecule has 1 heterocycles. The molecular weight excluding hydrogens is 352 g/mol. The molecule has 4 nitrogen and oxygen atoms in total. The van der Waals surface area contributed by atoms with E-state index in [9.17, 15) is 0 Å². The standard InChI is InChI=1S/C15H12BrClN4/c16-15-6-1-12(17)7-11(15)8-19-13-2-4-14(5-3-13)21-10-18-9-20-21/h1-7,9-10,19H,8H2. The van der Waals surface area contributed by atoms with Crippen molar-refractivity contribution in [1.82, 2.24) is 14.8 Å². The molecule has 0 saturated heterocycles. The highest BCUT2D eigenvalue weighted by atomic mass is 79.9. The van der Waals surface area contributed by atoms with Crippen LogP contribution in [0.25, 0.3) is 5.69 Å². The van der Waals surface area contributed by atoms with Crippen LogP contribution >= 0.6 is 27.5 Å². The molecule has 0 saturated carbocycles. The number of hydrogen-bond donors (Lipinski definition) is 1. The third-order valence-corrected chi connectivity index (χ3v) is 4.05. The minimum Gasteiger partial charge on any atom is -0.381 e. The number of aromatic nitrogens is 3. The SMILES string of the molecule is Clc1ccc(Br)c(CNc2ccc(-n3cncn3)cc2)c1. The predicted octanol–water partition coefficient (Wildman–Crippen LogP) is 4.30. The van der Waals surface area contributed by atoms with Gasteiger partial charge in [0.15, 0.2) is 0 Å². The minimum absolute atomic E-state index is 0.698. The van der Waals surface area contributed by atoms with E-state index < -0.39 is 0 Å². The summed E-state index contributed by atoms with van der Waals surface area (Å²) in [7, 11) is 0. The Labute approximate surface area is 135 Å². The van der Waals surface area contributed by atoms with E-state index in [0.29, 0.717) is 6.54 Å². The summed E-state index contributed by atoms with van der Waals surface area (Å²) in [6.07, 6.45) is 3.19. The van der Waals surface area contributed by atoms with E-state index in [2.05, 4.69) is 31.3 Å². The second-order valence-electron chi connectivity index (χ2n) is 4.48. The number of anilines is 1. The van der Waals surface area contributed by atoms with Crippen LogP contribution in [0, 0.1) is 0 Å². The largest absolute Gasteiger partial charge is 0.381 e. The van der Waals surface area contributed by atoms with Crippen molar-refractivity contribution in [2.75, 3.05) is 5.32 Å². The van der Waals surface area contributed by atoms with Crippen LogP contribution in [0.1, 0.15) is 5.56 Å². The average Bonchev–Trinajstić information content (AvgIpc) is 3.03. The average molecular weight is 364 g/mol. The van der Waals surface area contributed by atoms with Crippen molar-refractivity contribution in [2.24, 2.45) is 0 Å². The Balaban J connectivity index is 1.70. The molecule has 0 atom stereocenters. The summed E-state index contributed by atoms with van der Waals surface area (Å²) in [6.45, 7) is 0.698. The first kappa shape index (κ1) is 14.1. The summed E-state index contributed by atoms with van der Waals surface area (Å²) < 4.78 is 2.76. The lowest BCUT2D eigenvalue weighted by Crippen LogP contribution is -2.01. The van der Waals surface area contributed by atoms with E-state index in [4.69, 9.17) is 11.6 Å². The molecule has 0 amide bonds. The lowest BCUT2D eigenvalue weighted by molar-refractivity contribution is 0.879. The zero-order valence-electron chi connectivity index (χ0n) is 11.0. The molecule has 0 aliphatic rings. The second-order valence-corrected chi connectivity index (χ2v) is 5.77. The van der Waals surface area contributed by atoms with Crippen molar-refractivity contribution < 1.29 is 0 Å². The fourth-order valence-corrected chi connectivity index (χ4v) is 2.53. The van der Waals surface area contributed by atoms with Crippen molar-refractivity contribution in [3.8, 4) is 5.69 Å². The Hall–Kier alpha value is -1.85. The molecule has 0 radical (unpaired) electrons. The van der Waals surface area contributed by atoms with Gasteiger partial charge < -0.3 is 5.32 Å². The number of nitrogens with zero attached hydrogens (tertiary/aromatic N) is 3. The minimum atomic E-state index is 0.698. The van der Waals surface area contributed by atoms with Crippen molar-refractivity contribution in [2.45, 2.75) is 6.54 Å². The first-order valence-electron chi connectivity index (χ1n) is 6.35. The summed E-state index contributed by atoms with van der Waals surface area (Å²) in [6, 6.07) is 13.8. The fraction of sp³-hybridized carbons (Fsp3) is 0.0667. The van der Waals surface area contributed by atoms with Gasteiger partial charge in [-0.2, -0.15) is 5.10 Å². The van der Waals surface area contributed by atoms with Crippen LogP contribution in [-0.2, 0) is 6.54 Å². The molecule has 21 heavy (non-hydrogen) atoms. The zero-order chi connectivity index (χ0) is 14.7. The summed E-state index contributed by atoms with van der Waals surface area (Å²) in [4.78, 5) is 3.93. The third kappa shape index (κ3) is 3.43. The molecule has 0 spiro atoms. The second kappa shape index (κ2) is 6.28. The molecule has 6 heteroatoms. The van der Waals surface area contributed by atoms with Crippen molar-refractivity contribution >= 4 is 33.2 Å². The predicted molar refractivity (Wildman–Crippen MR) is 87.8 cm³/mol. The lowest BCUT2D eigenvalue weighted by atomic mass is 10.2. The maximum Gasteiger partial charge on any atom is 0.138 e. The van der Waals surface area contributed by atoms with Crippen LogP contribution in [0.5, 0.6) is 0 Å². The van der Waals surface area contributed by atoms with Gasteiger partial charge in [-0.05, 0) is 48.0 Å². The van der Waals surface area contributed by atoms with Crippen LogP contribution in [0.3, 0.4) is 0 Å². The van der Waals surface area contributed by atoms with Gasteiger partial charge >= 0.3 is 0 Å². The van der Waals surface area contributed by atoms with E-state index in [0.717, 1.165) is 26.4 Å². The molecule has 3 rings (SSSR count). The first-order valence-corrected chi connectivity index (χ1v) is 7.52. The number of hydrogen-bond acceptors (Lipinski definition) is 3. The molecule has 106 valence electrons. The van der Waals surface area contributed by atoms with E-state index >= 15 is 0 Å². The topological polar surface area (TPSA) is 42.7 Å². The number of nitrogens with one attached hydrogen (secondary N) is 1. The number of halogens is 2. The van der Waals surface area contributed by atoms with E-state index in [1.165, 1.54) is 6.33 Å². The summed E-state index contributed by atoms with van der Waals surface area (Å²) in [5, 5.41) is 8.20. The van der Waals surface area contributed by atoms with Gasteiger partial charge in [-0.15, -0.1) is 0 Å². The molecule has 0 bridgehead atoms. The Morgan fingerprint density at radius 1 is 1.14 bits per heavy atom. The normalized spacial score (nSPS) is 10.6. The highest BCUT2D eigenvalue weighted by Crippen LogP contribution is 2.22. The van der Waals surface area contributed by atoms with Gasteiger partial charge in [-0.1, -0.05) is 27.5 Å². The maximum atomic E-state index is 6.01. The van der Waals surface area contributed by atoms with E-state index in [1.54, 1.807) is 11.0 Å². The lowest BCUT2D eigenvalue weighted by Gasteiger charge is -2.09. The monoisotopic (exact) mass is 362 g/mol. The van der Waals surface area contributed by atoms with Crippen LogP contribution < -0.4 is 5.32 Å². The smallest absolute Gasteiger partial charge is 0.138 e. The Morgan fingerprint density at radius 2 is 1.95 bits per heavy atom. The quantitative estimate of drug-likeness (QED) is 0.751. The summed E-state index contributed by atoms with van der Waals surface area (Å²) in [5.74, 6) is 0. The molecule has 0 aliphatic heterocycles. The van der Waals surface area contributed by atoms with Gasteiger partial charge in [-0.25, -0.2) is 9.67 Å². The first-order chi connectivity index (χ1) is 10.2. The number of rotatable bonds is 4. The molecule has 3 aromatic rings. The van der Waals surface area contributed by atoms with Gasteiger partial charge in [0.05, 0.1) is 5.69 Å². The van der Waals surface area contributed by atoms with Crippen molar-refractivity contribution in [3.05, 3.63) is 70.2 Å². The maximum absolute atomic E-state index is 6.01. The van der Waals surface area contributed by atoms with Gasteiger partial charge in [0, 0.05) is 21.7 Å². The molecule has 2 aromatic carbocycles. The van der Waals surface area contributed by atoms with E-state index in [-0.39, 0.29) is 0 Å². The molecule has 0 fully saturated rings. The Bertz CT molecular complexity index is 726. The van der Waals surface area contributed by atoms with Gasteiger partial charge in [0.1, 0.15) is 12.7 Å². The molecule has 0 unspecified atom stereocenters. The molecule has 1 aromatic heterocycles. The number of benzene rings is 2. The van der Waals surface area contributed by atoms with Gasteiger partial charge in [0.25, 0.3) is 0 Å². The molecule has 0 aliphatic carbocycles. The molecule has 1 N–H and O–H groups in total. The van der Waals surface area contributed by atoms with Crippen molar-refractivity contribution in [3.63, 3.8) is 0 Å². The van der Waals surface area contributed by atoms with Gasteiger partial charge in [0.2, 0.25) is 0 Å². The van der Waals surface area contributed by atoms with E-state index in [1.807, 2.05) is 42.5 Å². The van der Waals surface area contributed by atoms with Crippen LogP contribution in [0.4, 0.5) is 5.69 Å². The van der Waals surface area contributed by atoms with Crippen molar-refractivity contribution in [1.29, 1.82) is 0 Å². The summed E-state index contributed by atoms with van der Waals surface area (Å²) >= 11 is 9.54. The molecular formula is C15H12BrClN4. The third-order valence-electron chi connectivity index (χ3n) is 3.04. The zero-order valence-corrected chi connectivity index (χ0v) is 13.3. The van der Waals surface area contributed by atoms with Gasteiger partial charge in [-0.3, -0.25) is 0 Å². The Morgan fingerprint density at radius 3 is 2.67 bits per heavy atom. The van der Waals surface area contributed by atoms with Crippen LogP contribution in [0.2, 0.25) is 5.02 Å².